The van der Waals surface area contributed by atoms with Crippen LogP contribution in [-0.2, 0) is 4.74 Å². The van der Waals surface area contributed by atoms with E-state index in [4.69, 9.17) is 18.9 Å². The smallest absolute Gasteiger partial charge is 0.231 e. The lowest BCUT2D eigenvalue weighted by atomic mass is 9.85. The average Bonchev–Trinajstić information content (AvgIpc) is 3.20. The first kappa shape index (κ1) is 16.1. The Morgan fingerprint density at radius 1 is 0.920 bits per heavy atom. The summed E-state index contributed by atoms with van der Waals surface area (Å²) in [6, 6.07) is 11.4. The van der Waals surface area contributed by atoms with Crippen LogP contribution in [0.2, 0.25) is 0 Å². The molecule has 0 aliphatic carbocycles. The summed E-state index contributed by atoms with van der Waals surface area (Å²) in [6.45, 7) is 4.67. The van der Waals surface area contributed by atoms with E-state index in [1.54, 1.807) is 13.2 Å². The number of phenolic OH excluding ortho intramolecular Hbond substituents is 1. The highest BCUT2D eigenvalue weighted by Crippen LogP contribution is 2.50. The molecule has 0 amide bonds. The number of rotatable bonds is 3. The average molecular weight is 342 g/mol. The Balaban J connectivity index is 1.63. The third-order valence-corrected chi connectivity index (χ3v) is 5.34. The van der Waals surface area contributed by atoms with Gasteiger partial charge >= 0.3 is 0 Å². The fraction of sp³-hybridized carbons (Fsp3) is 0.400. The van der Waals surface area contributed by atoms with Crippen molar-refractivity contribution in [3.63, 3.8) is 0 Å². The topological polar surface area (TPSA) is 57.2 Å². The van der Waals surface area contributed by atoms with Crippen molar-refractivity contribution in [1.82, 2.24) is 0 Å². The van der Waals surface area contributed by atoms with Crippen LogP contribution < -0.4 is 14.2 Å². The molecule has 1 saturated heterocycles. The molecule has 5 nitrogen and oxygen atoms in total. The quantitative estimate of drug-likeness (QED) is 0.905. The number of phenols is 1. The number of hydrogen-bond donors (Lipinski definition) is 1. The third-order valence-electron chi connectivity index (χ3n) is 5.34. The first-order valence-electron chi connectivity index (χ1n) is 8.50. The largest absolute Gasteiger partial charge is 0.504 e. The van der Waals surface area contributed by atoms with E-state index in [1.165, 1.54) is 0 Å². The van der Waals surface area contributed by atoms with E-state index < -0.39 is 0 Å². The molecule has 0 saturated carbocycles. The van der Waals surface area contributed by atoms with Gasteiger partial charge in [-0.05, 0) is 47.2 Å². The van der Waals surface area contributed by atoms with Crippen LogP contribution >= 0.6 is 0 Å². The zero-order valence-electron chi connectivity index (χ0n) is 14.6. The molecule has 2 aliphatic heterocycles. The molecule has 0 unspecified atom stereocenters. The summed E-state index contributed by atoms with van der Waals surface area (Å²) >= 11 is 0. The van der Waals surface area contributed by atoms with E-state index in [0.29, 0.717) is 17.6 Å². The van der Waals surface area contributed by atoms with Crippen LogP contribution in [0.15, 0.2) is 36.4 Å². The van der Waals surface area contributed by atoms with Crippen LogP contribution in [0.25, 0.3) is 0 Å². The number of aromatic hydroxyl groups is 1. The normalized spacial score (nSPS) is 27.5. The summed E-state index contributed by atoms with van der Waals surface area (Å²) in [5.74, 6) is 2.82. The second-order valence-electron chi connectivity index (χ2n) is 6.74. The van der Waals surface area contributed by atoms with Crippen molar-refractivity contribution in [2.45, 2.75) is 26.1 Å². The fourth-order valence-corrected chi connectivity index (χ4v) is 3.68. The summed E-state index contributed by atoms with van der Waals surface area (Å²) < 4.78 is 22.5. The number of ether oxygens (including phenoxy) is 4. The van der Waals surface area contributed by atoms with Crippen molar-refractivity contribution in [3.8, 4) is 23.0 Å². The van der Waals surface area contributed by atoms with E-state index in [9.17, 15) is 5.11 Å². The number of hydrogen-bond acceptors (Lipinski definition) is 5. The van der Waals surface area contributed by atoms with Gasteiger partial charge in [-0.2, -0.15) is 0 Å². The lowest BCUT2D eigenvalue weighted by Gasteiger charge is -2.17. The Hall–Kier alpha value is -2.40. The predicted molar refractivity (Wildman–Crippen MR) is 92.1 cm³/mol. The number of benzene rings is 2. The molecule has 1 N–H and O–H groups in total. The van der Waals surface area contributed by atoms with Crippen LogP contribution in [0.5, 0.6) is 23.0 Å². The summed E-state index contributed by atoms with van der Waals surface area (Å²) in [4.78, 5) is 0. The molecule has 4 rings (SSSR count). The number of fused-ring (bicyclic) bond motifs is 1. The first-order chi connectivity index (χ1) is 12.1. The van der Waals surface area contributed by atoms with Gasteiger partial charge in [0.2, 0.25) is 6.79 Å². The van der Waals surface area contributed by atoms with Gasteiger partial charge in [-0.3, -0.25) is 0 Å². The zero-order valence-corrected chi connectivity index (χ0v) is 14.6. The molecule has 0 bridgehead atoms. The van der Waals surface area contributed by atoms with Crippen LogP contribution in [0.1, 0.15) is 37.2 Å². The van der Waals surface area contributed by atoms with Crippen LogP contribution in [-0.4, -0.2) is 19.0 Å². The highest BCUT2D eigenvalue weighted by Gasteiger charge is 2.41. The van der Waals surface area contributed by atoms with E-state index in [-0.39, 0.29) is 24.8 Å². The molecule has 25 heavy (non-hydrogen) atoms. The summed E-state index contributed by atoms with van der Waals surface area (Å²) in [5, 5.41) is 9.82. The predicted octanol–water partition coefficient (Wildman–Crippen LogP) is 4.21. The van der Waals surface area contributed by atoms with Gasteiger partial charge in [-0.15, -0.1) is 0 Å². The van der Waals surface area contributed by atoms with Crippen LogP contribution in [0.3, 0.4) is 0 Å². The fourth-order valence-electron chi connectivity index (χ4n) is 3.68. The molecular weight excluding hydrogens is 320 g/mol. The minimum atomic E-state index is -0.0556. The molecule has 4 atom stereocenters. The van der Waals surface area contributed by atoms with Crippen LogP contribution in [0, 0.1) is 11.8 Å². The van der Waals surface area contributed by atoms with Crippen molar-refractivity contribution in [2.24, 2.45) is 11.8 Å². The third kappa shape index (κ3) is 2.68. The van der Waals surface area contributed by atoms with Gasteiger partial charge in [-0.25, -0.2) is 0 Å². The molecule has 0 spiro atoms. The van der Waals surface area contributed by atoms with Gasteiger partial charge in [0.15, 0.2) is 23.0 Å². The Bertz CT molecular complexity index is 767. The monoisotopic (exact) mass is 342 g/mol. The Morgan fingerprint density at radius 2 is 1.56 bits per heavy atom. The minimum absolute atomic E-state index is 0.0192. The lowest BCUT2D eigenvalue weighted by molar-refractivity contribution is 0.0288. The molecule has 1 fully saturated rings. The van der Waals surface area contributed by atoms with Gasteiger partial charge in [0.1, 0.15) is 0 Å². The highest BCUT2D eigenvalue weighted by molar-refractivity contribution is 5.46. The molecule has 2 aromatic rings. The van der Waals surface area contributed by atoms with Gasteiger partial charge < -0.3 is 24.1 Å². The molecule has 0 radical (unpaired) electrons. The Kier molecular flexibility index (Phi) is 3.96. The second-order valence-corrected chi connectivity index (χ2v) is 6.74. The molecule has 2 aliphatic rings. The van der Waals surface area contributed by atoms with Gasteiger partial charge in [0, 0.05) is 0 Å². The van der Waals surface area contributed by atoms with E-state index in [1.807, 2.05) is 30.3 Å². The van der Waals surface area contributed by atoms with Crippen LogP contribution in [0.4, 0.5) is 0 Å². The van der Waals surface area contributed by atoms with Crippen molar-refractivity contribution in [3.05, 3.63) is 47.5 Å². The molecule has 0 aromatic heterocycles. The summed E-state index contributed by atoms with van der Waals surface area (Å²) in [5.41, 5.74) is 2.11. The molecule has 5 heteroatoms. The van der Waals surface area contributed by atoms with Crippen molar-refractivity contribution in [2.75, 3.05) is 13.9 Å². The zero-order chi connectivity index (χ0) is 17.6. The lowest BCUT2D eigenvalue weighted by Crippen LogP contribution is -2.09. The Labute approximate surface area is 147 Å². The van der Waals surface area contributed by atoms with E-state index in [2.05, 4.69) is 13.8 Å². The molecule has 2 aromatic carbocycles. The first-order valence-corrected chi connectivity index (χ1v) is 8.50. The van der Waals surface area contributed by atoms with Gasteiger partial charge in [-0.1, -0.05) is 26.0 Å². The van der Waals surface area contributed by atoms with Crippen molar-refractivity contribution in [1.29, 1.82) is 0 Å². The SMILES string of the molecule is COc1cc([C@H]2O[C@H](c3ccc4c(c3)OCO4)[C@@H](C)[C@@H]2C)ccc1O. The Morgan fingerprint density at radius 3 is 2.28 bits per heavy atom. The molecule has 132 valence electrons. The van der Waals surface area contributed by atoms with E-state index in [0.717, 1.165) is 22.6 Å². The summed E-state index contributed by atoms with van der Waals surface area (Å²) in [6.07, 6.45) is -0.0748. The maximum atomic E-state index is 9.82. The van der Waals surface area contributed by atoms with Crippen molar-refractivity contribution >= 4 is 0 Å². The number of methoxy groups -OCH3 is 1. The van der Waals surface area contributed by atoms with Gasteiger partial charge in [0.25, 0.3) is 0 Å². The van der Waals surface area contributed by atoms with Gasteiger partial charge in [0.05, 0.1) is 19.3 Å². The maximum absolute atomic E-state index is 9.82. The van der Waals surface area contributed by atoms with Crippen molar-refractivity contribution < 1.29 is 24.1 Å². The molecular formula is C20H22O5. The molecule has 2 heterocycles. The summed E-state index contributed by atoms with van der Waals surface area (Å²) in [7, 11) is 1.55. The minimum Gasteiger partial charge on any atom is -0.504 e. The highest BCUT2D eigenvalue weighted by atomic mass is 16.7. The maximum Gasteiger partial charge on any atom is 0.231 e. The standard InChI is InChI=1S/C20H22O5/c1-11-12(2)20(14-5-7-16-18(9-14)24-10-23-16)25-19(11)13-4-6-15(21)17(8-13)22-3/h4-9,11-12,19-21H,10H2,1-3H3/t11-,12-,19-,20-/m0/s1. The second kappa shape index (κ2) is 6.15. The van der Waals surface area contributed by atoms with E-state index >= 15 is 0 Å².